The normalized spacial score (nSPS) is 11.1. The number of hydrogen-bond acceptors (Lipinski definition) is 4. The van der Waals surface area contributed by atoms with E-state index >= 15 is 0 Å². The lowest BCUT2D eigenvalue weighted by molar-refractivity contribution is 0.352. The van der Waals surface area contributed by atoms with Crippen LogP contribution in [0, 0.1) is 0 Å². The summed E-state index contributed by atoms with van der Waals surface area (Å²) in [5.41, 5.74) is 2.03. The van der Waals surface area contributed by atoms with Crippen LogP contribution >= 0.6 is 0 Å². The summed E-state index contributed by atoms with van der Waals surface area (Å²) in [5.74, 6) is 2.20. The molecule has 0 saturated carbocycles. The lowest BCUT2D eigenvalue weighted by atomic mass is 10.2. The molecule has 0 aliphatic rings. The minimum Gasteiger partial charge on any atom is -0.493 e. The van der Waals surface area contributed by atoms with Gasteiger partial charge in [-0.2, -0.15) is 0 Å². The van der Waals surface area contributed by atoms with Crippen molar-refractivity contribution in [3.8, 4) is 11.5 Å². The molecule has 0 radical (unpaired) electrons. The lowest BCUT2D eigenvalue weighted by Crippen LogP contribution is -2.38. The van der Waals surface area contributed by atoms with E-state index in [1.54, 1.807) is 14.2 Å². The van der Waals surface area contributed by atoms with Crippen LogP contribution in [0.2, 0.25) is 0 Å². The maximum absolute atomic E-state index is 5.46. The first-order chi connectivity index (χ1) is 12.3. The Morgan fingerprint density at radius 1 is 1.08 bits per heavy atom. The van der Waals surface area contributed by atoms with Gasteiger partial charge in [-0.15, -0.1) is 0 Å². The van der Waals surface area contributed by atoms with E-state index in [2.05, 4.69) is 20.6 Å². The van der Waals surface area contributed by atoms with Gasteiger partial charge in [-0.1, -0.05) is 18.2 Å². The van der Waals surface area contributed by atoms with E-state index in [0.29, 0.717) is 12.3 Å². The number of aromatic nitrogens is 1. The van der Waals surface area contributed by atoms with Gasteiger partial charge in [0, 0.05) is 37.0 Å². The molecule has 0 aliphatic heterocycles. The summed E-state index contributed by atoms with van der Waals surface area (Å²) in [6.45, 7) is 4.10. The van der Waals surface area contributed by atoms with Crippen molar-refractivity contribution in [1.82, 2.24) is 15.6 Å². The number of ether oxygens (including phenoxy) is 2. The quantitative estimate of drug-likeness (QED) is 0.569. The molecule has 0 aliphatic carbocycles. The summed E-state index contributed by atoms with van der Waals surface area (Å²) < 4.78 is 10.8. The number of nitrogens with zero attached hydrogens (tertiary/aromatic N) is 2. The van der Waals surface area contributed by atoms with Gasteiger partial charge in [-0.05, 0) is 25.1 Å². The molecule has 0 amide bonds. The monoisotopic (exact) mass is 342 g/mol. The Morgan fingerprint density at radius 3 is 2.64 bits per heavy atom. The number of aliphatic imine (C=N–C) groups is 1. The first kappa shape index (κ1) is 18.6. The van der Waals surface area contributed by atoms with Gasteiger partial charge >= 0.3 is 0 Å². The van der Waals surface area contributed by atoms with E-state index in [9.17, 15) is 0 Å². The zero-order valence-electron chi connectivity index (χ0n) is 15.1. The molecular weight excluding hydrogens is 316 g/mol. The van der Waals surface area contributed by atoms with Crippen LogP contribution in [-0.2, 0) is 13.0 Å². The van der Waals surface area contributed by atoms with E-state index in [1.807, 2.05) is 49.5 Å². The van der Waals surface area contributed by atoms with Crippen molar-refractivity contribution < 1.29 is 9.47 Å². The van der Waals surface area contributed by atoms with E-state index < -0.39 is 0 Å². The molecule has 1 aromatic heterocycles. The molecule has 134 valence electrons. The SMILES string of the molecule is CCNC(=NCc1cccc(OC)c1OC)NCCc1ccccn1. The fraction of sp³-hybridized carbons (Fsp3) is 0.368. The van der Waals surface area contributed by atoms with Gasteiger partial charge in [-0.25, -0.2) is 4.99 Å². The topological polar surface area (TPSA) is 67.8 Å². The Labute approximate surface area is 149 Å². The summed E-state index contributed by atoms with van der Waals surface area (Å²) in [6.07, 6.45) is 2.65. The number of pyridine rings is 1. The maximum atomic E-state index is 5.46. The second kappa shape index (κ2) is 10.2. The summed E-state index contributed by atoms with van der Waals surface area (Å²) in [7, 11) is 3.27. The van der Waals surface area contributed by atoms with Crippen molar-refractivity contribution in [3.63, 3.8) is 0 Å². The highest BCUT2D eigenvalue weighted by atomic mass is 16.5. The molecule has 0 unspecified atom stereocenters. The van der Waals surface area contributed by atoms with Crippen LogP contribution in [-0.4, -0.2) is 38.3 Å². The Balaban J connectivity index is 1.99. The Bertz CT molecular complexity index is 674. The van der Waals surface area contributed by atoms with E-state index in [-0.39, 0.29) is 0 Å². The molecule has 2 rings (SSSR count). The molecule has 0 atom stereocenters. The van der Waals surface area contributed by atoms with Crippen molar-refractivity contribution in [2.45, 2.75) is 19.9 Å². The van der Waals surface area contributed by atoms with Gasteiger partial charge in [0.2, 0.25) is 0 Å². The number of hydrogen-bond donors (Lipinski definition) is 2. The van der Waals surface area contributed by atoms with Crippen LogP contribution in [0.3, 0.4) is 0 Å². The molecule has 0 fully saturated rings. The number of guanidine groups is 1. The zero-order valence-corrected chi connectivity index (χ0v) is 15.1. The molecule has 0 saturated heterocycles. The minimum atomic E-state index is 0.499. The summed E-state index contributed by atoms with van der Waals surface area (Å²) in [5, 5.41) is 6.58. The smallest absolute Gasteiger partial charge is 0.191 e. The van der Waals surface area contributed by atoms with Crippen LogP contribution in [0.5, 0.6) is 11.5 Å². The molecule has 2 N–H and O–H groups in total. The third-order valence-corrected chi connectivity index (χ3v) is 3.64. The van der Waals surface area contributed by atoms with Crippen LogP contribution in [0.1, 0.15) is 18.2 Å². The second-order valence-electron chi connectivity index (χ2n) is 5.35. The van der Waals surface area contributed by atoms with Crippen molar-refractivity contribution in [1.29, 1.82) is 0 Å². The molecule has 0 bridgehead atoms. The molecule has 6 heteroatoms. The molecule has 6 nitrogen and oxygen atoms in total. The Hall–Kier alpha value is -2.76. The first-order valence-electron chi connectivity index (χ1n) is 8.40. The fourth-order valence-electron chi connectivity index (χ4n) is 2.44. The fourth-order valence-corrected chi connectivity index (χ4v) is 2.44. The third kappa shape index (κ3) is 5.67. The number of benzene rings is 1. The van der Waals surface area contributed by atoms with Gasteiger partial charge < -0.3 is 20.1 Å². The minimum absolute atomic E-state index is 0.499. The van der Waals surface area contributed by atoms with Crippen molar-refractivity contribution in [3.05, 3.63) is 53.9 Å². The van der Waals surface area contributed by atoms with Gasteiger partial charge in [0.15, 0.2) is 17.5 Å². The van der Waals surface area contributed by atoms with Crippen LogP contribution in [0.25, 0.3) is 0 Å². The van der Waals surface area contributed by atoms with Gasteiger partial charge in [0.05, 0.1) is 20.8 Å². The highest BCUT2D eigenvalue weighted by Crippen LogP contribution is 2.30. The van der Waals surface area contributed by atoms with Crippen LogP contribution in [0.4, 0.5) is 0 Å². The lowest BCUT2D eigenvalue weighted by Gasteiger charge is -2.13. The average molecular weight is 342 g/mol. The van der Waals surface area contributed by atoms with E-state index in [4.69, 9.17) is 9.47 Å². The highest BCUT2D eigenvalue weighted by Gasteiger charge is 2.09. The molecule has 25 heavy (non-hydrogen) atoms. The predicted molar refractivity (Wildman–Crippen MR) is 100 cm³/mol. The Morgan fingerprint density at radius 2 is 1.96 bits per heavy atom. The van der Waals surface area contributed by atoms with Gasteiger partial charge in [0.25, 0.3) is 0 Å². The molecular formula is C19H26N4O2. The highest BCUT2D eigenvalue weighted by molar-refractivity contribution is 5.79. The second-order valence-corrected chi connectivity index (χ2v) is 5.35. The van der Waals surface area contributed by atoms with Gasteiger partial charge in [0.1, 0.15) is 0 Å². The number of para-hydroxylation sites is 1. The molecule has 2 aromatic rings. The summed E-state index contributed by atoms with van der Waals surface area (Å²) in [6, 6.07) is 11.7. The standard InChI is InChI=1S/C19H26N4O2/c1-4-20-19(22-13-11-16-9-5-6-12-21-16)23-14-15-8-7-10-17(24-2)18(15)25-3/h5-10,12H,4,11,13-14H2,1-3H3,(H2,20,22,23). The number of nitrogens with one attached hydrogen (secondary N) is 2. The van der Waals surface area contributed by atoms with Crippen molar-refractivity contribution >= 4 is 5.96 Å². The molecule has 1 heterocycles. The van der Waals surface area contributed by atoms with Crippen molar-refractivity contribution in [2.75, 3.05) is 27.3 Å². The predicted octanol–water partition coefficient (Wildman–Crippen LogP) is 2.40. The van der Waals surface area contributed by atoms with Crippen molar-refractivity contribution in [2.24, 2.45) is 4.99 Å². The largest absolute Gasteiger partial charge is 0.493 e. The zero-order chi connectivity index (χ0) is 17.9. The molecule has 0 spiro atoms. The van der Waals surface area contributed by atoms with Crippen LogP contribution < -0.4 is 20.1 Å². The van der Waals surface area contributed by atoms with Crippen LogP contribution in [0.15, 0.2) is 47.6 Å². The maximum Gasteiger partial charge on any atom is 0.191 e. The van der Waals surface area contributed by atoms with Gasteiger partial charge in [-0.3, -0.25) is 4.98 Å². The number of rotatable bonds is 8. The average Bonchev–Trinajstić information content (AvgIpc) is 2.66. The van der Waals surface area contributed by atoms with E-state index in [0.717, 1.165) is 42.5 Å². The first-order valence-corrected chi connectivity index (χ1v) is 8.40. The van der Waals surface area contributed by atoms with E-state index in [1.165, 1.54) is 0 Å². The summed E-state index contributed by atoms with van der Waals surface area (Å²) >= 11 is 0. The number of methoxy groups -OCH3 is 2. The Kier molecular flexibility index (Phi) is 7.56. The third-order valence-electron chi connectivity index (χ3n) is 3.64. The summed E-state index contributed by atoms with van der Waals surface area (Å²) in [4.78, 5) is 8.96. The molecule has 1 aromatic carbocycles.